The van der Waals surface area contributed by atoms with E-state index in [0.717, 1.165) is 41.7 Å². The van der Waals surface area contributed by atoms with Gasteiger partial charge in [-0.1, -0.05) is 19.9 Å². The van der Waals surface area contributed by atoms with E-state index in [1.807, 2.05) is 18.2 Å². The Labute approximate surface area is 191 Å². The van der Waals surface area contributed by atoms with Gasteiger partial charge >= 0.3 is 0 Å². The minimum atomic E-state index is -1.78. The van der Waals surface area contributed by atoms with Crippen molar-refractivity contribution in [3.8, 4) is 0 Å². The smallest absolute Gasteiger partial charge is 0.137 e. The third-order valence-electron chi connectivity index (χ3n) is 5.97. The summed E-state index contributed by atoms with van der Waals surface area (Å²) in [7, 11) is 0. The predicted octanol–water partition coefficient (Wildman–Crippen LogP) is 4.51. The van der Waals surface area contributed by atoms with Crippen LogP contribution in [0, 0.1) is 17.6 Å². The molecule has 4 rings (SSSR count). The molecule has 0 radical (unpaired) electrons. The molecule has 2 aromatic heterocycles. The standard InChI is InChI=1S/C24H28F2N6O/c1-16(2)8-9-28-20-5-7-23-18(10-20)12-29-32(23)17(3)24(33,13-31-15-27-14-30-31)21-6-4-19(25)11-22(21)26/h4-7,10-12,14-17,28,33H,8-9,13H2,1-3H3/t17-,24-/m1/s1. The normalized spacial score (nSPS) is 14.5. The zero-order valence-corrected chi connectivity index (χ0v) is 18.9. The van der Waals surface area contributed by atoms with Gasteiger partial charge in [0.25, 0.3) is 0 Å². The van der Waals surface area contributed by atoms with Crippen LogP contribution in [0.3, 0.4) is 0 Å². The van der Waals surface area contributed by atoms with Crippen LogP contribution in [0.2, 0.25) is 0 Å². The predicted molar refractivity (Wildman–Crippen MR) is 123 cm³/mol. The molecule has 0 saturated heterocycles. The van der Waals surface area contributed by atoms with Gasteiger partial charge < -0.3 is 10.4 Å². The zero-order valence-electron chi connectivity index (χ0n) is 18.9. The van der Waals surface area contributed by atoms with Crippen LogP contribution >= 0.6 is 0 Å². The van der Waals surface area contributed by atoms with E-state index in [2.05, 4.69) is 34.3 Å². The van der Waals surface area contributed by atoms with Gasteiger partial charge in [-0.3, -0.25) is 4.68 Å². The van der Waals surface area contributed by atoms with Gasteiger partial charge in [0.2, 0.25) is 0 Å². The third-order valence-corrected chi connectivity index (χ3v) is 5.97. The van der Waals surface area contributed by atoms with E-state index in [-0.39, 0.29) is 12.1 Å². The SMILES string of the molecule is CC(C)CCNc1ccc2c(cnn2[C@H](C)[C@](O)(Cn2cncn2)c2ccc(F)cc2F)c1. The van der Waals surface area contributed by atoms with Crippen molar-refractivity contribution in [3.63, 3.8) is 0 Å². The molecule has 2 N–H and O–H groups in total. The quantitative estimate of drug-likeness (QED) is 0.389. The summed E-state index contributed by atoms with van der Waals surface area (Å²) in [6.45, 7) is 6.89. The number of nitrogens with zero attached hydrogens (tertiary/aromatic N) is 5. The summed E-state index contributed by atoms with van der Waals surface area (Å²) in [5, 5.41) is 24.7. The number of nitrogens with one attached hydrogen (secondary N) is 1. The lowest BCUT2D eigenvalue weighted by atomic mass is 9.86. The van der Waals surface area contributed by atoms with Crippen LogP contribution < -0.4 is 5.32 Å². The molecule has 9 heteroatoms. The van der Waals surface area contributed by atoms with Crippen LogP contribution in [-0.4, -0.2) is 36.2 Å². The largest absolute Gasteiger partial charge is 0.385 e. The molecule has 2 aromatic carbocycles. The molecule has 4 aromatic rings. The Morgan fingerprint density at radius 3 is 2.61 bits per heavy atom. The highest BCUT2D eigenvalue weighted by Crippen LogP contribution is 2.38. The van der Waals surface area contributed by atoms with Crippen molar-refractivity contribution in [1.82, 2.24) is 24.5 Å². The van der Waals surface area contributed by atoms with Gasteiger partial charge in [-0.2, -0.15) is 10.2 Å². The van der Waals surface area contributed by atoms with Gasteiger partial charge in [-0.25, -0.2) is 18.4 Å². The number of aromatic nitrogens is 5. The lowest BCUT2D eigenvalue weighted by Gasteiger charge is -2.35. The average Bonchev–Trinajstić information content (AvgIpc) is 3.42. The molecule has 0 unspecified atom stereocenters. The van der Waals surface area contributed by atoms with Crippen molar-refractivity contribution in [2.75, 3.05) is 11.9 Å². The van der Waals surface area contributed by atoms with Crippen molar-refractivity contribution < 1.29 is 13.9 Å². The number of rotatable bonds is 9. The van der Waals surface area contributed by atoms with E-state index in [9.17, 15) is 13.9 Å². The number of benzene rings is 2. The second-order valence-electron chi connectivity index (χ2n) is 8.79. The average molecular weight is 455 g/mol. The van der Waals surface area contributed by atoms with Crippen LogP contribution in [0.25, 0.3) is 10.9 Å². The van der Waals surface area contributed by atoms with Gasteiger partial charge in [-0.15, -0.1) is 0 Å². The topological polar surface area (TPSA) is 80.8 Å². The first-order valence-corrected chi connectivity index (χ1v) is 11.0. The van der Waals surface area contributed by atoms with Crippen molar-refractivity contribution in [2.24, 2.45) is 5.92 Å². The summed E-state index contributed by atoms with van der Waals surface area (Å²) >= 11 is 0. The molecule has 0 aliphatic heterocycles. The van der Waals surface area contributed by atoms with Crippen LogP contribution in [0.4, 0.5) is 14.5 Å². The summed E-state index contributed by atoms with van der Waals surface area (Å²) in [5.41, 5.74) is -0.0460. The zero-order chi connectivity index (χ0) is 23.6. The second-order valence-corrected chi connectivity index (χ2v) is 8.79. The van der Waals surface area contributed by atoms with Crippen LogP contribution in [0.1, 0.15) is 38.8 Å². The minimum Gasteiger partial charge on any atom is -0.385 e. The number of hydrogen-bond acceptors (Lipinski definition) is 5. The Morgan fingerprint density at radius 2 is 1.91 bits per heavy atom. The molecule has 33 heavy (non-hydrogen) atoms. The molecule has 0 aliphatic rings. The van der Waals surface area contributed by atoms with Gasteiger partial charge in [-0.05, 0) is 43.5 Å². The lowest BCUT2D eigenvalue weighted by Crippen LogP contribution is -2.41. The molecule has 0 amide bonds. The van der Waals surface area contributed by atoms with E-state index in [1.165, 1.54) is 23.4 Å². The van der Waals surface area contributed by atoms with Gasteiger partial charge in [0.05, 0.1) is 24.3 Å². The van der Waals surface area contributed by atoms with E-state index >= 15 is 0 Å². The Hall–Kier alpha value is -3.33. The number of fused-ring (bicyclic) bond motifs is 1. The van der Waals surface area contributed by atoms with E-state index in [4.69, 9.17) is 0 Å². The molecule has 2 heterocycles. The Kier molecular flexibility index (Phi) is 6.42. The monoisotopic (exact) mass is 454 g/mol. The first kappa shape index (κ1) is 22.8. The van der Waals surface area contributed by atoms with Crippen molar-refractivity contribution in [2.45, 2.75) is 45.4 Å². The van der Waals surface area contributed by atoms with Crippen molar-refractivity contribution >= 4 is 16.6 Å². The lowest BCUT2D eigenvalue weighted by molar-refractivity contribution is -0.0354. The molecule has 2 atom stereocenters. The molecule has 0 aliphatic carbocycles. The number of hydrogen-bond donors (Lipinski definition) is 2. The molecular formula is C24H28F2N6O. The maximum absolute atomic E-state index is 14.8. The summed E-state index contributed by atoms with van der Waals surface area (Å²) in [6, 6.07) is 8.34. The first-order valence-electron chi connectivity index (χ1n) is 11.0. The van der Waals surface area contributed by atoms with Crippen LogP contribution in [0.5, 0.6) is 0 Å². The van der Waals surface area contributed by atoms with E-state index in [1.54, 1.807) is 17.8 Å². The highest BCUT2D eigenvalue weighted by Gasteiger charge is 2.41. The van der Waals surface area contributed by atoms with Gasteiger partial charge in [0.15, 0.2) is 0 Å². The minimum absolute atomic E-state index is 0.0393. The van der Waals surface area contributed by atoms with E-state index in [0.29, 0.717) is 5.92 Å². The molecule has 174 valence electrons. The molecular weight excluding hydrogens is 426 g/mol. The summed E-state index contributed by atoms with van der Waals surface area (Å²) in [5.74, 6) is -0.939. The summed E-state index contributed by atoms with van der Waals surface area (Å²) in [4.78, 5) is 3.91. The Bertz CT molecular complexity index is 1220. The molecule has 7 nitrogen and oxygen atoms in total. The number of anilines is 1. The fourth-order valence-corrected chi connectivity index (χ4v) is 4.02. The molecule has 0 bridgehead atoms. The van der Waals surface area contributed by atoms with E-state index < -0.39 is 23.3 Å². The maximum atomic E-state index is 14.8. The Morgan fingerprint density at radius 1 is 1.09 bits per heavy atom. The molecule has 0 saturated carbocycles. The maximum Gasteiger partial charge on any atom is 0.137 e. The Balaban J connectivity index is 1.70. The first-order chi connectivity index (χ1) is 15.8. The number of aliphatic hydroxyl groups is 1. The van der Waals surface area contributed by atoms with Crippen molar-refractivity contribution in [1.29, 1.82) is 0 Å². The second kappa shape index (κ2) is 9.27. The fourth-order valence-electron chi connectivity index (χ4n) is 4.02. The molecule has 0 spiro atoms. The summed E-state index contributed by atoms with van der Waals surface area (Å²) in [6.07, 6.45) is 5.56. The molecule has 0 fully saturated rings. The highest BCUT2D eigenvalue weighted by molar-refractivity contribution is 5.82. The summed E-state index contributed by atoms with van der Waals surface area (Å²) < 4.78 is 31.5. The number of halogens is 2. The highest BCUT2D eigenvalue weighted by atomic mass is 19.1. The van der Waals surface area contributed by atoms with Crippen LogP contribution in [0.15, 0.2) is 55.2 Å². The van der Waals surface area contributed by atoms with Gasteiger partial charge in [0, 0.05) is 29.2 Å². The van der Waals surface area contributed by atoms with Gasteiger partial charge in [0.1, 0.15) is 29.9 Å². The van der Waals surface area contributed by atoms with Crippen LogP contribution in [-0.2, 0) is 12.1 Å². The third kappa shape index (κ3) is 4.73. The fraction of sp³-hybridized carbons (Fsp3) is 0.375. The van der Waals surface area contributed by atoms with Crippen molar-refractivity contribution in [3.05, 3.63) is 72.4 Å².